The summed E-state index contributed by atoms with van der Waals surface area (Å²) in [4.78, 5) is 34.4. The van der Waals surface area contributed by atoms with Crippen molar-refractivity contribution < 1.29 is 5.11 Å². The average Bonchev–Trinajstić information content (AvgIpc) is 3.21. The van der Waals surface area contributed by atoms with E-state index in [1.165, 1.54) is 17.5 Å². The SMILES string of the molecule is CC(C)(O)CNc1ccc2cncc(-n3c(=O)[nH]c4cc(-c5ccccc5Cl)sc4c3=O)c2c1. The molecule has 0 saturated carbocycles. The van der Waals surface area contributed by atoms with Crippen LogP contribution in [0.15, 0.2) is 70.5 Å². The number of rotatable bonds is 5. The van der Waals surface area contributed by atoms with Crippen LogP contribution in [0.2, 0.25) is 5.02 Å². The Morgan fingerprint density at radius 2 is 1.94 bits per heavy atom. The lowest BCUT2D eigenvalue weighted by Crippen LogP contribution is -2.33. The van der Waals surface area contributed by atoms with Crippen molar-refractivity contribution >= 4 is 49.6 Å². The fourth-order valence-corrected chi connectivity index (χ4v) is 5.15. The van der Waals surface area contributed by atoms with Crippen molar-refractivity contribution in [2.75, 3.05) is 11.9 Å². The zero-order valence-electron chi connectivity index (χ0n) is 18.4. The van der Waals surface area contributed by atoms with Crippen molar-refractivity contribution in [1.29, 1.82) is 0 Å². The van der Waals surface area contributed by atoms with Crippen molar-refractivity contribution in [3.8, 4) is 16.1 Å². The molecule has 0 fully saturated rings. The first-order valence-electron chi connectivity index (χ1n) is 10.6. The first-order valence-corrected chi connectivity index (χ1v) is 11.8. The Morgan fingerprint density at radius 3 is 2.71 bits per heavy atom. The van der Waals surface area contributed by atoms with Gasteiger partial charge in [0.15, 0.2) is 0 Å². The largest absolute Gasteiger partial charge is 0.389 e. The van der Waals surface area contributed by atoms with Crippen LogP contribution in [0.1, 0.15) is 13.8 Å². The quantitative estimate of drug-likeness (QED) is 0.327. The van der Waals surface area contributed by atoms with Crippen LogP contribution in [-0.4, -0.2) is 31.8 Å². The van der Waals surface area contributed by atoms with E-state index in [0.717, 1.165) is 26.1 Å². The molecule has 172 valence electrons. The van der Waals surface area contributed by atoms with Gasteiger partial charge in [-0.05, 0) is 38.1 Å². The number of fused-ring (bicyclic) bond motifs is 2. The van der Waals surface area contributed by atoms with E-state index in [2.05, 4.69) is 15.3 Å². The molecule has 5 aromatic rings. The van der Waals surface area contributed by atoms with E-state index in [0.29, 0.717) is 32.9 Å². The highest BCUT2D eigenvalue weighted by Gasteiger charge is 2.17. The second-order valence-electron chi connectivity index (χ2n) is 8.66. The molecule has 3 N–H and O–H groups in total. The number of nitrogens with one attached hydrogen (secondary N) is 2. The third-order valence-electron chi connectivity index (χ3n) is 5.42. The molecule has 0 radical (unpaired) electrons. The van der Waals surface area contributed by atoms with Gasteiger partial charge in [0.2, 0.25) is 0 Å². The van der Waals surface area contributed by atoms with Gasteiger partial charge in [0.1, 0.15) is 4.70 Å². The molecule has 0 aliphatic heterocycles. The molecular weight excluding hydrogens is 472 g/mol. The summed E-state index contributed by atoms with van der Waals surface area (Å²) in [5.41, 5.74) is 0.526. The summed E-state index contributed by atoms with van der Waals surface area (Å²) in [6.45, 7) is 3.76. The Morgan fingerprint density at radius 1 is 1.15 bits per heavy atom. The number of nitrogens with zero attached hydrogens (tertiary/aromatic N) is 2. The van der Waals surface area contributed by atoms with Crippen LogP contribution < -0.4 is 16.6 Å². The number of H-pyrrole nitrogens is 1. The van der Waals surface area contributed by atoms with Crippen molar-refractivity contribution in [1.82, 2.24) is 14.5 Å². The third kappa shape index (κ3) is 4.11. The van der Waals surface area contributed by atoms with Crippen molar-refractivity contribution in [3.63, 3.8) is 0 Å². The van der Waals surface area contributed by atoms with Gasteiger partial charge in [-0.15, -0.1) is 11.3 Å². The predicted octanol–water partition coefficient (Wildman–Crippen LogP) is 4.79. The van der Waals surface area contributed by atoms with Gasteiger partial charge >= 0.3 is 5.69 Å². The summed E-state index contributed by atoms with van der Waals surface area (Å²) in [7, 11) is 0. The summed E-state index contributed by atoms with van der Waals surface area (Å²) in [6, 6.07) is 14.7. The van der Waals surface area contributed by atoms with Gasteiger partial charge in [0, 0.05) is 44.7 Å². The molecule has 9 heteroatoms. The Hall–Kier alpha value is -3.46. The number of aromatic nitrogens is 3. The van der Waals surface area contributed by atoms with E-state index in [9.17, 15) is 14.7 Å². The number of halogens is 1. The van der Waals surface area contributed by atoms with Crippen LogP contribution in [0.4, 0.5) is 5.69 Å². The Kier molecular flexibility index (Phi) is 5.51. The molecule has 0 bridgehead atoms. The van der Waals surface area contributed by atoms with Gasteiger partial charge in [0.05, 0.1) is 23.0 Å². The minimum Gasteiger partial charge on any atom is -0.389 e. The molecule has 0 atom stereocenters. The lowest BCUT2D eigenvalue weighted by molar-refractivity contribution is 0.0945. The summed E-state index contributed by atoms with van der Waals surface area (Å²) in [5.74, 6) is 0. The van der Waals surface area contributed by atoms with E-state index in [-0.39, 0.29) is 0 Å². The van der Waals surface area contributed by atoms with Gasteiger partial charge in [-0.25, -0.2) is 9.36 Å². The molecule has 0 unspecified atom stereocenters. The van der Waals surface area contributed by atoms with Crippen LogP contribution in [0.5, 0.6) is 0 Å². The first kappa shape index (κ1) is 22.3. The molecule has 0 spiro atoms. The fourth-order valence-electron chi connectivity index (χ4n) is 3.78. The van der Waals surface area contributed by atoms with Crippen LogP contribution in [0.25, 0.3) is 37.1 Å². The molecule has 3 aromatic heterocycles. The van der Waals surface area contributed by atoms with Crippen molar-refractivity contribution in [2.24, 2.45) is 0 Å². The maximum absolute atomic E-state index is 13.5. The molecule has 34 heavy (non-hydrogen) atoms. The minimum atomic E-state index is -0.895. The van der Waals surface area contributed by atoms with Gasteiger partial charge in [-0.1, -0.05) is 35.9 Å². The second kappa shape index (κ2) is 8.39. The lowest BCUT2D eigenvalue weighted by Gasteiger charge is -2.19. The smallest absolute Gasteiger partial charge is 0.333 e. The number of hydrogen-bond acceptors (Lipinski definition) is 6. The molecule has 0 aliphatic rings. The highest BCUT2D eigenvalue weighted by atomic mass is 35.5. The van der Waals surface area contributed by atoms with E-state index in [1.807, 2.05) is 36.4 Å². The first-order chi connectivity index (χ1) is 16.2. The third-order valence-corrected chi connectivity index (χ3v) is 6.91. The predicted molar refractivity (Wildman–Crippen MR) is 139 cm³/mol. The minimum absolute atomic E-state index is 0.339. The van der Waals surface area contributed by atoms with Crippen LogP contribution in [0.3, 0.4) is 0 Å². The number of pyridine rings is 1. The normalized spacial score (nSPS) is 11.9. The summed E-state index contributed by atoms with van der Waals surface area (Å²) in [5, 5.41) is 15.3. The number of aromatic amines is 1. The van der Waals surface area contributed by atoms with Gasteiger partial charge in [0.25, 0.3) is 5.56 Å². The second-order valence-corrected chi connectivity index (χ2v) is 10.1. The molecular formula is C25H21ClN4O3S. The maximum atomic E-state index is 13.5. The van der Waals surface area contributed by atoms with E-state index < -0.39 is 16.9 Å². The molecule has 0 aliphatic carbocycles. The maximum Gasteiger partial charge on any atom is 0.333 e. The monoisotopic (exact) mass is 492 g/mol. The van der Waals surface area contributed by atoms with Gasteiger partial charge < -0.3 is 15.4 Å². The molecule has 5 rings (SSSR count). The Labute approximate surface area is 203 Å². The Bertz CT molecular complexity index is 1660. The van der Waals surface area contributed by atoms with Crippen molar-refractivity contribution in [2.45, 2.75) is 19.4 Å². The molecule has 2 aromatic carbocycles. The number of thiophene rings is 1. The highest BCUT2D eigenvalue weighted by molar-refractivity contribution is 7.22. The summed E-state index contributed by atoms with van der Waals surface area (Å²) >= 11 is 7.62. The fraction of sp³-hybridized carbons (Fsp3) is 0.160. The van der Waals surface area contributed by atoms with Gasteiger partial charge in [-0.2, -0.15) is 0 Å². The zero-order chi connectivity index (χ0) is 24.0. The Balaban J connectivity index is 1.68. The number of aliphatic hydroxyl groups is 1. The molecule has 0 amide bonds. The highest BCUT2D eigenvalue weighted by Crippen LogP contribution is 2.35. The lowest BCUT2D eigenvalue weighted by atomic mass is 10.1. The summed E-state index contributed by atoms with van der Waals surface area (Å²) in [6.07, 6.45) is 3.18. The average molecular weight is 493 g/mol. The molecule has 7 nitrogen and oxygen atoms in total. The standard InChI is InChI=1S/C25H21ClN4O3S/c1-25(2,33)13-28-15-8-7-14-11-27-12-20(17(14)9-15)30-23(31)22-19(29-24(30)32)10-21(34-22)16-5-3-4-6-18(16)26/h3-12,28,33H,13H2,1-2H3,(H,29,32). The van der Waals surface area contributed by atoms with Crippen LogP contribution in [-0.2, 0) is 0 Å². The zero-order valence-corrected chi connectivity index (χ0v) is 20.0. The summed E-state index contributed by atoms with van der Waals surface area (Å²) < 4.78 is 1.53. The van der Waals surface area contributed by atoms with Crippen LogP contribution in [0, 0.1) is 0 Å². The number of hydrogen-bond donors (Lipinski definition) is 3. The van der Waals surface area contributed by atoms with E-state index in [4.69, 9.17) is 11.6 Å². The number of benzene rings is 2. The van der Waals surface area contributed by atoms with E-state index >= 15 is 0 Å². The van der Waals surface area contributed by atoms with Crippen LogP contribution >= 0.6 is 22.9 Å². The number of anilines is 1. The molecule has 0 saturated heterocycles. The van der Waals surface area contributed by atoms with E-state index in [1.54, 1.807) is 32.2 Å². The topological polar surface area (TPSA) is 100 Å². The van der Waals surface area contributed by atoms with Crippen molar-refractivity contribution in [3.05, 3.63) is 86.8 Å². The van der Waals surface area contributed by atoms with Gasteiger partial charge in [-0.3, -0.25) is 9.78 Å². The molecule has 3 heterocycles.